The van der Waals surface area contributed by atoms with Gasteiger partial charge in [0.15, 0.2) is 0 Å². The number of hydrogen-bond acceptors (Lipinski definition) is 1. The number of alkyl halides is 1. The van der Waals surface area contributed by atoms with E-state index in [-0.39, 0.29) is 10.9 Å². The van der Waals surface area contributed by atoms with Gasteiger partial charge in [-0.05, 0) is 55.7 Å². The van der Waals surface area contributed by atoms with Crippen LogP contribution in [0.3, 0.4) is 0 Å². The summed E-state index contributed by atoms with van der Waals surface area (Å²) in [6, 6.07) is 14.6. The van der Waals surface area contributed by atoms with E-state index in [2.05, 4.69) is 69.1 Å². The Morgan fingerprint density at radius 2 is 1.65 bits per heavy atom. The van der Waals surface area contributed by atoms with Crippen LogP contribution in [0.4, 0.5) is 0 Å². The van der Waals surface area contributed by atoms with Crippen molar-refractivity contribution >= 4 is 31.9 Å². The Morgan fingerprint density at radius 1 is 1.00 bits per heavy atom. The summed E-state index contributed by atoms with van der Waals surface area (Å²) in [6.45, 7) is 6.20. The van der Waals surface area contributed by atoms with Crippen molar-refractivity contribution in [2.75, 3.05) is 0 Å². The molecule has 3 heteroatoms. The van der Waals surface area contributed by atoms with Crippen molar-refractivity contribution in [3.05, 3.63) is 63.6 Å². The molecule has 0 bridgehead atoms. The second-order valence-corrected chi connectivity index (χ2v) is 6.82. The molecule has 0 aliphatic carbocycles. The summed E-state index contributed by atoms with van der Waals surface area (Å²) in [4.78, 5) is 0.188. The molecule has 0 aliphatic rings. The van der Waals surface area contributed by atoms with Crippen LogP contribution in [0.2, 0.25) is 0 Å². The zero-order chi connectivity index (χ0) is 14.7. The molecular weight excluding hydrogens is 380 g/mol. The van der Waals surface area contributed by atoms with Crippen LogP contribution in [0, 0.1) is 6.92 Å². The van der Waals surface area contributed by atoms with Gasteiger partial charge < -0.3 is 4.74 Å². The van der Waals surface area contributed by atoms with E-state index in [0.29, 0.717) is 0 Å². The van der Waals surface area contributed by atoms with Gasteiger partial charge in [-0.25, -0.2) is 0 Å². The van der Waals surface area contributed by atoms with Crippen molar-refractivity contribution in [3.63, 3.8) is 0 Å². The molecule has 0 fully saturated rings. The molecule has 1 nitrogen and oxygen atoms in total. The highest BCUT2D eigenvalue weighted by molar-refractivity contribution is 9.10. The fourth-order valence-corrected chi connectivity index (χ4v) is 3.25. The number of hydrogen-bond donors (Lipinski definition) is 0. The Bertz CT molecular complexity index is 576. The second-order valence-electron chi connectivity index (χ2n) is 5.05. The zero-order valence-electron chi connectivity index (χ0n) is 11.9. The van der Waals surface area contributed by atoms with Gasteiger partial charge in [0.2, 0.25) is 0 Å². The lowest BCUT2D eigenvalue weighted by Crippen LogP contribution is -2.05. The van der Waals surface area contributed by atoms with Gasteiger partial charge in [-0.3, -0.25) is 0 Å². The lowest BCUT2D eigenvalue weighted by atomic mass is 10.0. The normalized spacial score (nSPS) is 12.5. The molecule has 0 saturated carbocycles. The largest absolute Gasteiger partial charge is 0.491 e. The van der Waals surface area contributed by atoms with E-state index in [9.17, 15) is 0 Å². The Kier molecular flexibility index (Phi) is 5.28. The molecule has 0 aliphatic heterocycles. The highest BCUT2D eigenvalue weighted by atomic mass is 79.9. The van der Waals surface area contributed by atoms with Crippen molar-refractivity contribution < 1.29 is 4.74 Å². The zero-order valence-corrected chi connectivity index (χ0v) is 15.0. The summed E-state index contributed by atoms with van der Waals surface area (Å²) in [5.41, 5.74) is 3.76. The standard InChI is InChI=1S/C17H18Br2O/c1-11(2)20-14-9-7-13(8-10-14)17(19)15-5-4-6-16(18)12(15)3/h4-11,17H,1-3H3. The number of benzene rings is 2. The first-order valence-electron chi connectivity index (χ1n) is 6.64. The van der Waals surface area contributed by atoms with Gasteiger partial charge in [-0.1, -0.05) is 56.1 Å². The molecule has 2 aromatic rings. The summed E-state index contributed by atoms with van der Waals surface area (Å²) >= 11 is 7.38. The van der Waals surface area contributed by atoms with Gasteiger partial charge in [0.1, 0.15) is 5.75 Å². The Morgan fingerprint density at radius 3 is 2.25 bits per heavy atom. The maximum absolute atomic E-state index is 5.67. The lowest BCUT2D eigenvalue weighted by Gasteiger charge is -2.16. The first kappa shape index (κ1) is 15.6. The summed E-state index contributed by atoms with van der Waals surface area (Å²) in [5.74, 6) is 0.911. The van der Waals surface area contributed by atoms with E-state index in [1.54, 1.807) is 0 Å². The Labute approximate surface area is 137 Å². The third kappa shape index (κ3) is 3.64. The van der Waals surface area contributed by atoms with Crippen LogP contribution in [0.25, 0.3) is 0 Å². The van der Waals surface area contributed by atoms with Gasteiger partial charge in [-0.2, -0.15) is 0 Å². The molecule has 106 valence electrons. The van der Waals surface area contributed by atoms with Gasteiger partial charge in [0.25, 0.3) is 0 Å². The maximum Gasteiger partial charge on any atom is 0.119 e. The minimum absolute atomic E-state index is 0.188. The molecule has 2 aromatic carbocycles. The van der Waals surface area contributed by atoms with Crippen molar-refractivity contribution in [3.8, 4) is 5.75 Å². The molecule has 2 rings (SSSR count). The van der Waals surface area contributed by atoms with Crippen LogP contribution in [0.5, 0.6) is 5.75 Å². The average Bonchev–Trinajstić information content (AvgIpc) is 2.41. The van der Waals surface area contributed by atoms with Crippen molar-refractivity contribution in [1.29, 1.82) is 0 Å². The van der Waals surface area contributed by atoms with Crippen LogP contribution in [0.15, 0.2) is 46.9 Å². The predicted molar refractivity (Wildman–Crippen MR) is 91.9 cm³/mol. The van der Waals surface area contributed by atoms with Crippen molar-refractivity contribution in [2.45, 2.75) is 31.7 Å². The van der Waals surface area contributed by atoms with Crippen LogP contribution in [-0.4, -0.2) is 6.10 Å². The Hall–Kier alpha value is -0.800. The molecule has 20 heavy (non-hydrogen) atoms. The van der Waals surface area contributed by atoms with Gasteiger partial charge in [-0.15, -0.1) is 0 Å². The number of ether oxygens (including phenoxy) is 1. The molecule has 0 N–H and O–H groups in total. The van der Waals surface area contributed by atoms with Gasteiger partial charge >= 0.3 is 0 Å². The molecule has 1 atom stereocenters. The van der Waals surface area contributed by atoms with Crippen LogP contribution >= 0.6 is 31.9 Å². The smallest absolute Gasteiger partial charge is 0.119 e. The summed E-state index contributed by atoms with van der Waals surface area (Å²) < 4.78 is 6.81. The summed E-state index contributed by atoms with van der Waals surface area (Å²) in [5, 5.41) is 0. The highest BCUT2D eigenvalue weighted by Crippen LogP contribution is 2.35. The first-order chi connectivity index (χ1) is 9.49. The Balaban J connectivity index is 2.25. The molecular formula is C17H18Br2O. The van der Waals surface area contributed by atoms with E-state index in [4.69, 9.17) is 4.74 Å². The molecule has 0 amide bonds. The first-order valence-corrected chi connectivity index (χ1v) is 8.35. The molecule has 1 unspecified atom stereocenters. The second kappa shape index (κ2) is 6.77. The number of halogens is 2. The van der Waals surface area contributed by atoms with Crippen LogP contribution < -0.4 is 4.74 Å². The van der Waals surface area contributed by atoms with E-state index in [1.165, 1.54) is 16.7 Å². The van der Waals surface area contributed by atoms with Crippen LogP contribution in [0.1, 0.15) is 35.4 Å². The van der Waals surface area contributed by atoms with E-state index < -0.39 is 0 Å². The third-order valence-corrected chi connectivity index (χ3v) is 5.01. The monoisotopic (exact) mass is 396 g/mol. The minimum atomic E-state index is 0.188. The lowest BCUT2D eigenvalue weighted by molar-refractivity contribution is 0.242. The SMILES string of the molecule is Cc1c(Br)cccc1C(Br)c1ccc(OC(C)C)cc1. The topological polar surface area (TPSA) is 9.23 Å². The molecule has 0 aromatic heterocycles. The third-order valence-electron chi connectivity index (χ3n) is 3.13. The van der Waals surface area contributed by atoms with E-state index in [1.807, 2.05) is 26.0 Å². The molecule has 0 radical (unpaired) electrons. The molecule has 0 saturated heterocycles. The fraction of sp³-hybridized carbons (Fsp3) is 0.294. The van der Waals surface area contributed by atoms with E-state index >= 15 is 0 Å². The van der Waals surface area contributed by atoms with Crippen LogP contribution in [-0.2, 0) is 0 Å². The van der Waals surface area contributed by atoms with Crippen molar-refractivity contribution in [1.82, 2.24) is 0 Å². The average molecular weight is 398 g/mol. The molecule has 0 heterocycles. The maximum atomic E-state index is 5.67. The fourth-order valence-electron chi connectivity index (χ4n) is 2.07. The van der Waals surface area contributed by atoms with Gasteiger partial charge in [0.05, 0.1) is 10.9 Å². The summed E-state index contributed by atoms with van der Waals surface area (Å²) in [7, 11) is 0. The summed E-state index contributed by atoms with van der Waals surface area (Å²) in [6.07, 6.45) is 0.202. The molecule has 0 spiro atoms. The quantitative estimate of drug-likeness (QED) is 0.572. The van der Waals surface area contributed by atoms with Gasteiger partial charge in [0, 0.05) is 4.47 Å². The predicted octanol–water partition coefficient (Wildman–Crippen LogP) is 6.03. The van der Waals surface area contributed by atoms with E-state index in [0.717, 1.165) is 10.2 Å². The minimum Gasteiger partial charge on any atom is -0.491 e. The number of rotatable bonds is 4. The highest BCUT2D eigenvalue weighted by Gasteiger charge is 2.14. The van der Waals surface area contributed by atoms with Crippen molar-refractivity contribution in [2.24, 2.45) is 0 Å².